The highest BCUT2D eigenvalue weighted by Crippen LogP contribution is 2.19. The molecule has 1 fully saturated rings. The smallest absolute Gasteiger partial charge is 0.251 e. The molecule has 4 nitrogen and oxygen atoms in total. The SMILES string of the molecule is O=C(NC1CC1)c1ccc(CCc2nc3ccccc3[nH]2)cc1. The summed E-state index contributed by atoms with van der Waals surface area (Å²) in [5, 5.41) is 3.01. The average Bonchev–Trinajstić information content (AvgIpc) is 3.29. The van der Waals surface area contributed by atoms with E-state index in [1.165, 1.54) is 5.56 Å². The fourth-order valence-electron chi connectivity index (χ4n) is 2.71. The molecule has 0 saturated heterocycles. The maximum atomic E-state index is 12.0. The zero-order valence-corrected chi connectivity index (χ0v) is 12.9. The Morgan fingerprint density at radius 2 is 1.87 bits per heavy atom. The number of aromatic nitrogens is 2. The van der Waals surface area contributed by atoms with Crippen molar-refractivity contribution in [2.75, 3.05) is 0 Å². The van der Waals surface area contributed by atoms with Crippen LogP contribution >= 0.6 is 0 Å². The molecule has 2 N–H and O–H groups in total. The number of amides is 1. The predicted molar refractivity (Wildman–Crippen MR) is 90.4 cm³/mol. The van der Waals surface area contributed by atoms with Gasteiger partial charge in [0.05, 0.1) is 11.0 Å². The Kier molecular flexibility index (Phi) is 3.58. The van der Waals surface area contributed by atoms with E-state index in [1.54, 1.807) is 0 Å². The average molecular weight is 305 g/mol. The Morgan fingerprint density at radius 3 is 2.61 bits per heavy atom. The molecule has 0 bridgehead atoms. The van der Waals surface area contributed by atoms with Crippen LogP contribution in [-0.2, 0) is 12.8 Å². The van der Waals surface area contributed by atoms with Crippen molar-refractivity contribution in [3.8, 4) is 0 Å². The van der Waals surface area contributed by atoms with E-state index >= 15 is 0 Å². The molecule has 116 valence electrons. The lowest BCUT2D eigenvalue weighted by Crippen LogP contribution is -2.25. The number of para-hydroxylation sites is 2. The summed E-state index contributed by atoms with van der Waals surface area (Å²) >= 11 is 0. The monoisotopic (exact) mass is 305 g/mol. The minimum atomic E-state index is 0.0383. The van der Waals surface area contributed by atoms with Crippen LogP contribution in [0.1, 0.15) is 34.6 Å². The van der Waals surface area contributed by atoms with Gasteiger partial charge >= 0.3 is 0 Å². The molecule has 1 aliphatic carbocycles. The Morgan fingerprint density at radius 1 is 1.09 bits per heavy atom. The van der Waals surface area contributed by atoms with Crippen LogP contribution in [0.2, 0.25) is 0 Å². The maximum absolute atomic E-state index is 12.0. The summed E-state index contributed by atoms with van der Waals surface area (Å²) in [7, 11) is 0. The van der Waals surface area contributed by atoms with Gasteiger partial charge in [0.25, 0.3) is 5.91 Å². The fourth-order valence-corrected chi connectivity index (χ4v) is 2.71. The zero-order chi connectivity index (χ0) is 15.6. The van der Waals surface area contributed by atoms with Crippen LogP contribution in [0.4, 0.5) is 0 Å². The number of nitrogens with one attached hydrogen (secondary N) is 2. The number of aryl methyl sites for hydroxylation is 2. The van der Waals surface area contributed by atoms with Crippen molar-refractivity contribution in [2.45, 2.75) is 31.7 Å². The summed E-state index contributed by atoms with van der Waals surface area (Å²) in [5.41, 5.74) is 4.04. The molecule has 4 heteroatoms. The van der Waals surface area contributed by atoms with Gasteiger partial charge in [0.1, 0.15) is 5.82 Å². The number of H-pyrrole nitrogens is 1. The van der Waals surface area contributed by atoms with Crippen LogP contribution in [-0.4, -0.2) is 21.9 Å². The normalized spacial score (nSPS) is 14.1. The quantitative estimate of drug-likeness (QED) is 0.760. The van der Waals surface area contributed by atoms with E-state index < -0.39 is 0 Å². The van der Waals surface area contributed by atoms with E-state index in [-0.39, 0.29) is 5.91 Å². The van der Waals surface area contributed by atoms with Gasteiger partial charge < -0.3 is 10.3 Å². The molecule has 1 heterocycles. The van der Waals surface area contributed by atoms with Crippen molar-refractivity contribution in [2.24, 2.45) is 0 Å². The molecule has 0 aliphatic heterocycles. The third-order valence-corrected chi connectivity index (χ3v) is 4.22. The minimum absolute atomic E-state index is 0.0383. The van der Waals surface area contributed by atoms with Crippen LogP contribution < -0.4 is 5.32 Å². The first-order valence-corrected chi connectivity index (χ1v) is 8.11. The summed E-state index contributed by atoms with van der Waals surface area (Å²) in [6.45, 7) is 0. The van der Waals surface area contributed by atoms with Gasteiger partial charge in [-0.05, 0) is 49.1 Å². The summed E-state index contributed by atoms with van der Waals surface area (Å²) in [6, 6.07) is 16.3. The number of hydrogen-bond acceptors (Lipinski definition) is 2. The van der Waals surface area contributed by atoms with Gasteiger partial charge in [0, 0.05) is 18.0 Å². The number of nitrogens with zero attached hydrogens (tertiary/aromatic N) is 1. The van der Waals surface area contributed by atoms with E-state index in [4.69, 9.17) is 0 Å². The largest absolute Gasteiger partial charge is 0.349 e. The molecule has 0 unspecified atom stereocenters. The van der Waals surface area contributed by atoms with E-state index in [9.17, 15) is 4.79 Å². The van der Waals surface area contributed by atoms with Gasteiger partial charge in [-0.15, -0.1) is 0 Å². The summed E-state index contributed by atoms with van der Waals surface area (Å²) < 4.78 is 0. The van der Waals surface area contributed by atoms with Crippen molar-refractivity contribution in [1.29, 1.82) is 0 Å². The molecular formula is C19H19N3O. The second-order valence-electron chi connectivity index (χ2n) is 6.15. The number of imidazole rings is 1. The molecule has 0 radical (unpaired) electrons. The second kappa shape index (κ2) is 5.88. The Labute approximate surface area is 134 Å². The third kappa shape index (κ3) is 3.26. The molecule has 23 heavy (non-hydrogen) atoms. The highest BCUT2D eigenvalue weighted by atomic mass is 16.1. The highest BCUT2D eigenvalue weighted by molar-refractivity contribution is 5.94. The van der Waals surface area contributed by atoms with Gasteiger partial charge in [-0.25, -0.2) is 4.98 Å². The zero-order valence-electron chi connectivity index (χ0n) is 12.9. The molecular weight excluding hydrogens is 286 g/mol. The first-order chi connectivity index (χ1) is 11.3. The van der Waals surface area contributed by atoms with Gasteiger partial charge in [0.15, 0.2) is 0 Å². The van der Waals surface area contributed by atoms with Crippen LogP contribution in [0.15, 0.2) is 48.5 Å². The number of benzene rings is 2. The number of carbonyl (C=O) groups excluding carboxylic acids is 1. The number of fused-ring (bicyclic) bond motifs is 1. The van der Waals surface area contributed by atoms with Gasteiger partial charge in [-0.3, -0.25) is 4.79 Å². The Hall–Kier alpha value is -2.62. The van der Waals surface area contributed by atoms with Crippen LogP contribution in [0.5, 0.6) is 0 Å². The molecule has 1 aliphatic rings. The lowest BCUT2D eigenvalue weighted by molar-refractivity contribution is 0.0951. The molecule has 1 aromatic heterocycles. The van der Waals surface area contributed by atoms with Crippen LogP contribution in [0.25, 0.3) is 11.0 Å². The van der Waals surface area contributed by atoms with Gasteiger partial charge in [-0.2, -0.15) is 0 Å². The van der Waals surface area contributed by atoms with Gasteiger partial charge in [0.2, 0.25) is 0 Å². The molecule has 1 amide bonds. The number of hydrogen-bond donors (Lipinski definition) is 2. The van der Waals surface area contributed by atoms with E-state index in [0.29, 0.717) is 6.04 Å². The summed E-state index contributed by atoms with van der Waals surface area (Å²) in [4.78, 5) is 19.9. The van der Waals surface area contributed by atoms with Crippen molar-refractivity contribution in [1.82, 2.24) is 15.3 Å². The van der Waals surface area contributed by atoms with E-state index in [0.717, 1.165) is 48.1 Å². The topological polar surface area (TPSA) is 57.8 Å². The standard InChI is InChI=1S/C19H19N3O/c23-19(20-15-10-11-15)14-8-5-13(6-9-14)7-12-18-21-16-3-1-2-4-17(16)22-18/h1-6,8-9,15H,7,10-12H2,(H,20,23)(H,21,22). The molecule has 2 aromatic carbocycles. The summed E-state index contributed by atoms with van der Waals surface area (Å²) in [6.07, 6.45) is 4.00. The molecule has 4 rings (SSSR count). The predicted octanol–water partition coefficient (Wildman–Crippen LogP) is 3.24. The third-order valence-electron chi connectivity index (χ3n) is 4.22. The molecule has 0 atom stereocenters. The van der Waals surface area contributed by atoms with Crippen molar-refractivity contribution < 1.29 is 4.79 Å². The Bertz CT molecular complexity index is 798. The number of aromatic amines is 1. The van der Waals surface area contributed by atoms with Gasteiger partial charge in [-0.1, -0.05) is 24.3 Å². The first kappa shape index (κ1) is 14.0. The second-order valence-corrected chi connectivity index (χ2v) is 6.15. The first-order valence-electron chi connectivity index (χ1n) is 8.11. The minimum Gasteiger partial charge on any atom is -0.349 e. The fraction of sp³-hybridized carbons (Fsp3) is 0.263. The molecule has 3 aromatic rings. The number of rotatable bonds is 5. The lowest BCUT2D eigenvalue weighted by Gasteiger charge is -2.04. The molecule has 1 saturated carbocycles. The lowest BCUT2D eigenvalue weighted by atomic mass is 10.1. The summed E-state index contributed by atoms with van der Waals surface area (Å²) in [5.74, 6) is 1.04. The Balaban J connectivity index is 1.39. The number of carbonyl (C=O) groups is 1. The van der Waals surface area contributed by atoms with E-state index in [2.05, 4.69) is 15.3 Å². The highest BCUT2D eigenvalue weighted by Gasteiger charge is 2.23. The maximum Gasteiger partial charge on any atom is 0.251 e. The van der Waals surface area contributed by atoms with Crippen LogP contribution in [0.3, 0.4) is 0 Å². The van der Waals surface area contributed by atoms with Crippen molar-refractivity contribution >= 4 is 16.9 Å². The van der Waals surface area contributed by atoms with Crippen LogP contribution in [0, 0.1) is 0 Å². The van der Waals surface area contributed by atoms with E-state index in [1.807, 2.05) is 48.5 Å². The van der Waals surface area contributed by atoms with Crippen molar-refractivity contribution in [3.63, 3.8) is 0 Å². The van der Waals surface area contributed by atoms with Crippen molar-refractivity contribution in [3.05, 3.63) is 65.5 Å². The molecule has 0 spiro atoms.